The Morgan fingerprint density at radius 1 is 1.22 bits per heavy atom. The number of carbonyl (C=O) groups is 3. The van der Waals surface area contributed by atoms with Gasteiger partial charge in [0.2, 0.25) is 0 Å². The van der Waals surface area contributed by atoms with E-state index in [4.69, 9.17) is 11.6 Å². The number of hydrogen-bond acceptors (Lipinski definition) is 3. The van der Waals surface area contributed by atoms with E-state index in [2.05, 4.69) is 10.7 Å². The topological polar surface area (TPSA) is 78.5 Å². The van der Waals surface area contributed by atoms with Crippen molar-refractivity contribution < 1.29 is 18.8 Å². The molecule has 1 atom stereocenters. The molecule has 8 heteroatoms. The molecule has 0 aromatic heterocycles. The number of halogens is 2. The van der Waals surface area contributed by atoms with Crippen LogP contribution in [0.1, 0.15) is 29.3 Å². The molecule has 6 nitrogen and oxygen atoms in total. The SMILES string of the molecule is CC1(CCc2ccccc2)NC(=O)N(NC(=O)c2cc(Cl)ccc2F)C1=O. The first-order valence-electron chi connectivity index (χ1n) is 8.27. The number of benzene rings is 2. The minimum Gasteiger partial charge on any atom is -0.322 e. The Morgan fingerprint density at radius 3 is 2.63 bits per heavy atom. The number of hydrogen-bond donors (Lipinski definition) is 2. The quantitative estimate of drug-likeness (QED) is 0.771. The van der Waals surface area contributed by atoms with Crippen LogP contribution in [0.5, 0.6) is 0 Å². The molecule has 2 aromatic carbocycles. The predicted molar refractivity (Wildman–Crippen MR) is 97.4 cm³/mol. The molecule has 27 heavy (non-hydrogen) atoms. The van der Waals surface area contributed by atoms with E-state index >= 15 is 0 Å². The standard InChI is InChI=1S/C19H17ClFN3O3/c1-19(10-9-12-5-3-2-4-6-12)17(26)24(18(27)22-19)23-16(25)14-11-13(20)7-8-15(14)21/h2-8,11H,9-10H2,1H3,(H,22,27)(H,23,25). The second-order valence-electron chi connectivity index (χ2n) is 6.45. The molecule has 3 rings (SSSR count). The molecule has 2 N–H and O–H groups in total. The van der Waals surface area contributed by atoms with E-state index in [0.717, 1.165) is 17.7 Å². The highest BCUT2D eigenvalue weighted by Crippen LogP contribution is 2.23. The van der Waals surface area contributed by atoms with E-state index in [1.807, 2.05) is 30.3 Å². The maximum absolute atomic E-state index is 13.8. The number of urea groups is 1. The van der Waals surface area contributed by atoms with Gasteiger partial charge in [-0.1, -0.05) is 41.9 Å². The third-order valence-corrected chi connectivity index (χ3v) is 4.64. The van der Waals surface area contributed by atoms with Gasteiger partial charge in [0, 0.05) is 5.02 Å². The van der Waals surface area contributed by atoms with E-state index in [9.17, 15) is 18.8 Å². The Morgan fingerprint density at radius 2 is 1.93 bits per heavy atom. The average Bonchev–Trinajstić information content (AvgIpc) is 2.86. The van der Waals surface area contributed by atoms with Crippen LogP contribution in [0.4, 0.5) is 9.18 Å². The molecular weight excluding hydrogens is 373 g/mol. The van der Waals surface area contributed by atoms with Crippen molar-refractivity contribution in [1.82, 2.24) is 15.8 Å². The zero-order chi connectivity index (χ0) is 19.6. The smallest absolute Gasteiger partial charge is 0.322 e. The number of rotatable bonds is 5. The lowest BCUT2D eigenvalue weighted by atomic mass is 9.93. The number of amides is 4. The molecule has 0 radical (unpaired) electrons. The van der Waals surface area contributed by atoms with Crippen molar-refractivity contribution in [2.75, 3.05) is 0 Å². The fourth-order valence-corrected chi connectivity index (χ4v) is 3.00. The van der Waals surface area contributed by atoms with Crippen molar-refractivity contribution in [3.05, 3.63) is 70.5 Å². The van der Waals surface area contributed by atoms with Crippen molar-refractivity contribution in [3.63, 3.8) is 0 Å². The van der Waals surface area contributed by atoms with Gasteiger partial charge in [-0.05, 0) is 43.5 Å². The lowest BCUT2D eigenvalue weighted by Crippen LogP contribution is -2.49. The summed E-state index contributed by atoms with van der Waals surface area (Å²) in [4.78, 5) is 37.1. The van der Waals surface area contributed by atoms with Crippen LogP contribution in [0.3, 0.4) is 0 Å². The van der Waals surface area contributed by atoms with Gasteiger partial charge in [0.05, 0.1) is 5.56 Å². The van der Waals surface area contributed by atoms with Crippen LogP contribution in [-0.2, 0) is 11.2 Å². The summed E-state index contributed by atoms with van der Waals surface area (Å²) in [6.45, 7) is 1.59. The second-order valence-corrected chi connectivity index (χ2v) is 6.89. The lowest BCUT2D eigenvalue weighted by Gasteiger charge is -2.21. The summed E-state index contributed by atoms with van der Waals surface area (Å²) in [6, 6.07) is 12.2. The monoisotopic (exact) mass is 389 g/mol. The molecule has 0 saturated carbocycles. The fraction of sp³-hybridized carbons (Fsp3) is 0.211. The first-order chi connectivity index (χ1) is 12.8. The van der Waals surface area contributed by atoms with Crippen LogP contribution in [-0.4, -0.2) is 28.4 Å². The molecular formula is C19H17ClFN3O3. The molecule has 1 fully saturated rings. The fourth-order valence-electron chi connectivity index (χ4n) is 2.83. The molecule has 1 aliphatic heterocycles. The molecule has 140 valence electrons. The molecule has 0 spiro atoms. The van der Waals surface area contributed by atoms with Crippen molar-refractivity contribution in [2.24, 2.45) is 0 Å². The van der Waals surface area contributed by atoms with Gasteiger partial charge in [-0.25, -0.2) is 9.18 Å². The van der Waals surface area contributed by atoms with Gasteiger partial charge in [-0.15, -0.1) is 0 Å². The maximum Gasteiger partial charge on any atom is 0.344 e. The zero-order valence-electron chi connectivity index (χ0n) is 14.5. The van der Waals surface area contributed by atoms with Crippen LogP contribution >= 0.6 is 11.6 Å². The summed E-state index contributed by atoms with van der Waals surface area (Å²) in [7, 11) is 0. The van der Waals surface area contributed by atoms with Crippen LogP contribution in [0.25, 0.3) is 0 Å². The van der Waals surface area contributed by atoms with Crippen LogP contribution in [0.15, 0.2) is 48.5 Å². The molecule has 0 bridgehead atoms. The van der Waals surface area contributed by atoms with E-state index < -0.39 is 29.2 Å². The van der Waals surface area contributed by atoms with Gasteiger partial charge in [-0.2, -0.15) is 5.01 Å². The highest BCUT2D eigenvalue weighted by Gasteiger charge is 2.48. The summed E-state index contributed by atoms with van der Waals surface area (Å²) < 4.78 is 13.8. The van der Waals surface area contributed by atoms with Crippen LogP contribution < -0.4 is 10.7 Å². The van der Waals surface area contributed by atoms with Gasteiger partial charge in [0.25, 0.3) is 11.8 Å². The molecule has 4 amide bonds. The Kier molecular flexibility index (Phi) is 5.14. The summed E-state index contributed by atoms with van der Waals surface area (Å²) in [5, 5.41) is 3.32. The third kappa shape index (κ3) is 3.93. The molecule has 1 saturated heterocycles. The Hall–Kier alpha value is -2.93. The summed E-state index contributed by atoms with van der Waals surface area (Å²) in [6.07, 6.45) is 0.910. The highest BCUT2D eigenvalue weighted by atomic mass is 35.5. The zero-order valence-corrected chi connectivity index (χ0v) is 15.2. The van der Waals surface area contributed by atoms with Gasteiger partial charge >= 0.3 is 6.03 Å². The maximum atomic E-state index is 13.8. The van der Waals surface area contributed by atoms with Crippen LogP contribution in [0.2, 0.25) is 5.02 Å². The number of nitrogens with zero attached hydrogens (tertiary/aromatic N) is 1. The summed E-state index contributed by atoms with van der Waals surface area (Å²) in [5.74, 6) is -2.36. The number of aryl methyl sites for hydroxylation is 1. The largest absolute Gasteiger partial charge is 0.344 e. The molecule has 2 aromatic rings. The first kappa shape index (κ1) is 18.8. The van der Waals surface area contributed by atoms with Crippen molar-refractivity contribution in [1.29, 1.82) is 0 Å². The van der Waals surface area contributed by atoms with Crippen molar-refractivity contribution in [3.8, 4) is 0 Å². The minimum atomic E-state index is -1.17. The number of imide groups is 1. The van der Waals surface area contributed by atoms with Crippen molar-refractivity contribution in [2.45, 2.75) is 25.3 Å². The van der Waals surface area contributed by atoms with E-state index in [1.165, 1.54) is 6.07 Å². The van der Waals surface area contributed by atoms with Crippen LogP contribution in [0, 0.1) is 5.82 Å². The molecule has 1 unspecified atom stereocenters. The Bertz CT molecular complexity index is 906. The first-order valence-corrected chi connectivity index (χ1v) is 8.64. The Balaban J connectivity index is 1.72. The average molecular weight is 390 g/mol. The normalized spacial score (nSPS) is 19.1. The predicted octanol–water partition coefficient (Wildman–Crippen LogP) is 3.07. The highest BCUT2D eigenvalue weighted by molar-refractivity contribution is 6.31. The summed E-state index contributed by atoms with van der Waals surface area (Å²) >= 11 is 5.77. The number of hydrazine groups is 1. The van der Waals surface area contributed by atoms with E-state index in [0.29, 0.717) is 17.9 Å². The second kappa shape index (κ2) is 7.36. The Labute approximate surface area is 160 Å². The molecule has 0 aliphatic carbocycles. The van der Waals surface area contributed by atoms with E-state index in [-0.39, 0.29) is 10.6 Å². The third-order valence-electron chi connectivity index (χ3n) is 4.40. The number of carbonyl (C=O) groups excluding carboxylic acids is 3. The minimum absolute atomic E-state index is 0.159. The number of nitrogens with one attached hydrogen (secondary N) is 2. The van der Waals surface area contributed by atoms with Gasteiger partial charge in [0.1, 0.15) is 11.4 Å². The lowest BCUT2D eigenvalue weighted by molar-refractivity contribution is -0.132. The van der Waals surface area contributed by atoms with Gasteiger partial charge in [-0.3, -0.25) is 15.0 Å². The van der Waals surface area contributed by atoms with Gasteiger partial charge < -0.3 is 5.32 Å². The molecule has 1 heterocycles. The molecule has 1 aliphatic rings. The summed E-state index contributed by atoms with van der Waals surface area (Å²) in [5.41, 5.74) is 1.63. The van der Waals surface area contributed by atoms with Gasteiger partial charge in [0.15, 0.2) is 0 Å². The van der Waals surface area contributed by atoms with Crippen molar-refractivity contribution >= 4 is 29.4 Å². The van der Waals surface area contributed by atoms with E-state index in [1.54, 1.807) is 6.92 Å².